The monoisotopic (exact) mass is 611 g/mol. The van der Waals surface area contributed by atoms with E-state index in [-0.39, 0.29) is 30.3 Å². The van der Waals surface area contributed by atoms with Gasteiger partial charge in [-0.2, -0.15) is 4.31 Å². The fraction of sp³-hybridized carbons (Fsp3) is 0.452. The molecule has 1 aliphatic heterocycles. The fourth-order valence-corrected chi connectivity index (χ4v) is 7.04. The van der Waals surface area contributed by atoms with E-state index in [4.69, 9.17) is 5.73 Å². The van der Waals surface area contributed by atoms with Crippen LogP contribution in [0.2, 0.25) is 0 Å². The first-order chi connectivity index (χ1) is 20.5. The topological polar surface area (TPSA) is 175 Å². The van der Waals surface area contributed by atoms with Crippen LogP contribution in [-0.2, 0) is 24.4 Å². The molecule has 0 aliphatic carbocycles. The lowest BCUT2D eigenvalue weighted by molar-refractivity contribution is -0.142. The minimum atomic E-state index is -3.69. The first kappa shape index (κ1) is 32.2. The van der Waals surface area contributed by atoms with E-state index in [9.17, 15) is 27.9 Å². The molecule has 0 saturated carbocycles. The summed E-state index contributed by atoms with van der Waals surface area (Å²) in [5, 5.41) is 16.2. The standard InChI is InChI=1S/C31H41N5O6S/c1-20-10-12-23(13-11-20)43(41,42)36-17-14-22(15-18-36)29(37)35-28(30(38)34-27(31(39)40)9-5-6-16-32)21(2)25-19-33-26-8-4-3-7-24(25)26/h3-4,7-8,10-13,19,21-22,27-28,33H,5-6,9,14-18,32H2,1-2H3,(H,34,38)(H,35,37)(H,39,40). The number of carboxylic acids is 1. The number of rotatable bonds is 13. The molecule has 43 heavy (non-hydrogen) atoms. The SMILES string of the molecule is Cc1ccc(S(=O)(=O)N2CCC(C(=O)NC(C(=O)NC(CCCCN)C(=O)O)C(C)c3c[nH]c4ccccc34)CC2)cc1. The Hall–Kier alpha value is -3.74. The highest BCUT2D eigenvalue weighted by molar-refractivity contribution is 7.89. The van der Waals surface area contributed by atoms with Crippen molar-refractivity contribution in [3.63, 3.8) is 0 Å². The molecule has 11 nitrogen and oxygen atoms in total. The molecule has 0 radical (unpaired) electrons. The first-order valence-corrected chi connectivity index (χ1v) is 16.1. The Bertz CT molecular complexity index is 1530. The lowest BCUT2D eigenvalue weighted by atomic mass is 9.90. The number of nitrogens with two attached hydrogens (primary N) is 1. The van der Waals surface area contributed by atoms with Crippen LogP contribution in [-0.4, -0.2) is 72.3 Å². The van der Waals surface area contributed by atoms with Gasteiger partial charge in [-0.1, -0.05) is 42.8 Å². The zero-order valence-corrected chi connectivity index (χ0v) is 25.4. The number of carbonyl (C=O) groups excluding carboxylic acids is 2. The van der Waals surface area contributed by atoms with Crippen LogP contribution in [0.4, 0.5) is 0 Å². The molecular weight excluding hydrogens is 570 g/mol. The number of hydrogen-bond donors (Lipinski definition) is 5. The Balaban J connectivity index is 1.50. The van der Waals surface area contributed by atoms with Gasteiger partial charge in [-0.15, -0.1) is 0 Å². The highest BCUT2D eigenvalue weighted by Crippen LogP contribution is 2.29. The summed E-state index contributed by atoms with van der Waals surface area (Å²) in [4.78, 5) is 42.5. The van der Waals surface area contributed by atoms with Gasteiger partial charge in [0.25, 0.3) is 0 Å². The van der Waals surface area contributed by atoms with E-state index < -0.39 is 45.8 Å². The van der Waals surface area contributed by atoms with Crippen LogP contribution in [0.25, 0.3) is 10.9 Å². The number of aliphatic carboxylic acids is 1. The molecule has 1 aromatic heterocycles. The van der Waals surface area contributed by atoms with Crippen molar-refractivity contribution in [1.29, 1.82) is 0 Å². The number of unbranched alkanes of at least 4 members (excludes halogenated alkanes) is 1. The summed E-state index contributed by atoms with van der Waals surface area (Å²) in [7, 11) is -3.69. The Morgan fingerprint density at radius 3 is 2.37 bits per heavy atom. The van der Waals surface area contributed by atoms with Gasteiger partial charge >= 0.3 is 5.97 Å². The molecule has 2 aromatic carbocycles. The molecule has 3 atom stereocenters. The maximum absolute atomic E-state index is 13.6. The second-order valence-corrected chi connectivity index (χ2v) is 13.2. The van der Waals surface area contributed by atoms with Crippen molar-refractivity contribution in [3.05, 3.63) is 65.9 Å². The van der Waals surface area contributed by atoms with Crippen molar-refractivity contribution in [2.24, 2.45) is 11.7 Å². The Morgan fingerprint density at radius 2 is 1.72 bits per heavy atom. The van der Waals surface area contributed by atoms with Crippen LogP contribution in [0.15, 0.2) is 59.6 Å². The summed E-state index contributed by atoms with van der Waals surface area (Å²) in [6.45, 7) is 4.47. The number of piperidine rings is 1. The molecule has 0 spiro atoms. The number of H-pyrrole nitrogens is 1. The van der Waals surface area contributed by atoms with Crippen LogP contribution < -0.4 is 16.4 Å². The number of aromatic amines is 1. The van der Waals surface area contributed by atoms with Gasteiger partial charge in [0.1, 0.15) is 12.1 Å². The maximum Gasteiger partial charge on any atom is 0.326 e. The molecule has 1 saturated heterocycles. The van der Waals surface area contributed by atoms with Crippen molar-refractivity contribution in [1.82, 2.24) is 19.9 Å². The van der Waals surface area contributed by atoms with Crippen LogP contribution in [0.3, 0.4) is 0 Å². The minimum Gasteiger partial charge on any atom is -0.480 e. The number of para-hydroxylation sites is 1. The average Bonchev–Trinajstić information content (AvgIpc) is 3.43. The number of sulfonamides is 1. The summed E-state index contributed by atoms with van der Waals surface area (Å²) >= 11 is 0. The van der Waals surface area contributed by atoms with Crippen LogP contribution in [0.5, 0.6) is 0 Å². The molecule has 2 heterocycles. The fourth-order valence-electron chi connectivity index (χ4n) is 5.57. The molecule has 3 unspecified atom stereocenters. The molecular formula is C31H41N5O6S. The molecule has 2 amide bonds. The summed E-state index contributed by atoms with van der Waals surface area (Å²) in [5.74, 6) is -3.12. The number of carbonyl (C=O) groups is 3. The summed E-state index contributed by atoms with van der Waals surface area (Å²) in [6, 6.07) is 12.1. The number of carboxylic acid groups (broad SMARTS) is 1. The summed E-state index contributed by atoms with van der Waals surface area (Å²) < 4.78 is 27.7. The summed E-state index contributed by atoms with van der Waals surface area (Å²) in [6.07, 6.45) is 3.77. The number of nitrogens with one attached hydrogen (secondary N) is 3. The number of nitrogens with zero attached hydrogens (tertiary/aromatic N) is 1. The van der Waals surface area contributed by atoms with Crippen molar-refractivity contribution in [3.8, 4) is 0 Å². The van der Waals surface area contributed by atoms with Gasteiger partial charge in [0.2, 0.25) is 21.8 Å². The van der Waals surface area contributed by atoms with Gasteiger partial charge in [-0.05, 0) is 69.3 Å². The maximum atomic E-state index is 13.6. The Kier molecular flexibility index (Phi) is 10.6. The quantitative estimate of drug-likeness (QED) is 0.185. The Labute approximate surface area is 252 Å². The van der Waals surface area contributed by atoms with Gasteiger partial charge in [-0.3, -0.25) is 9.59 Å². The first-order valence-electron chi connectivity index (χ1n) is 14.7. The lowest BCUT2D eigenvalue weighted by Gasteiger charge is -2.32. The molecule has 12 heteroatoms. The van der Waals surface area contributed by atoms with Crippen LogP contribution in [0, 0.1) is 12.8 Å². The van der Waals surface area contributed by atoms with E-state index in [1.165, 1.54) is 4.31 Å². The van der Waals surface area contributed by atoms with Crippen molar-refractivity contribution < 1.29 is 27.9 Å². The third kappa shape index (κ3) is 7.62. The van der Waals surface area contributed by atoms with Gasteiger partial charge in [0, 0.05) is 42.0 Å². The zero-order valence-electron chi connectivity index (χ0n) is 24.6. The van der Waals surface area contributed by atoms with E-state index in [1.807, 2.05) is 38.1 Å². The van der Waals surface area contributed by atoms with Gasteiger partial charge in [-0.25, -0.2) is 13.2 Å². The molecule has 4 rings (SSSR count). The highest BCUT2D eigenvalue weighted by atomic mass is 32.2. The number of aryl methyl sites for hydroxylation is 1. The average molecular weight is 612 g/mol. The van der Waals surface area contributed by atoms with Crippen molar-refractivity contribution >= 4 is 38.7 Å². The van der Waals surface area contributed by atoms with E-state index >= 15 is 0 Å². The molecule has 1 aliphatic rings. The number of aromatic nitrogens is 1. The predicted octanol–water partition coefficient (Wildman–Crippen LogP) is 2.86. The Morgan fingerprint density at radius 1 is 1.05 bits per heavy atom. The normalized spacial score (nSPS) is 16.8. The summed E-state index contributed by atoms with van der Waals surface area (Å²) in [5.41, 5.74) is 8.20. The third-order valence-electron chi connectivity index (χ3n) is 8.24. The highest BCUT2D eigenvalue weighted by Gasteiger charge is 2.36. The van der Waals surface area contributed by atoms with Gasteiger partial charge < -0.3 is 26.5 Å². The van der Waals surface area contributed by atoms with Gasteiger partial charge in [0.05, 0.1) is 4.90 Å². The van der Waals surface area contributed by atoms with Crippen molar-refractivity contribution in [2.45, 2.75) is 68.8 Å². The van der Waals surface area contributed by atoms with E-state index in [0.717, 1.165) is 22.0 Å². The largest absolute Gasteiger partial charge is 0.480 e. The van der Waals surface area contributed by atoms with E-state index in [2.05, 4.69) is 15.6 Å². The lowest BCUT2D eigenvalue weighted by Crippen LogP contribution is -2.55. The van der Waals surface area contributed by atoms with Crippen molar-refractivity contribution in [2.75, 3.05) is 19.6 Å². The second-order valence-electron chi connectivity index (χ2n) is 11.2. The van der Waals surface area contributed by atoms with E-state index in [0.29, 0.717) is 32.2 Å². The molecule has 1 fully saturated rings. The molecule has 3 aromatic rings. The van der Waals surface area contributed by atoms with E-state index in [1.54, 1.807) is 30.5 Å². The number of fused-ring (bicyclic) bond motifs is 1. The number of benzene rings is 2. The third-order valence-corrected chi connectivity index (χ3v) is 10.1. The second kappa shape index (κ2) is 14.2. The van der Waals surface area contributed by atoms with Crippen LogP contribution >= 0.6 is 0 Å². The smallest absolute Gasteiger partial charge is 0.326 e. The molecule has 232 valence electrons. The van der Waals surface area contributed by atoms with Crippen LogP contribution in [0.1, 0.15) is 56.1 Å². The predicted molar refractivity (Wildman–Crippen MR) is 164 cm³/mol. The number of amides is 2. The van der Waals surface area contributed by atoms with Gasteiger partial charge in [0.15, 0.2) is 0 Å². The zero-order chi connectivity index (χ0) is 31.1. The molecule has 6 N–H and O–H groups in total. The minimum absolute atomic E-state index is 0.172. The molecule has 0 bridgehead atoms. The number of hydrogen-bond acceptors (Lipinski definition) is 6.